The average Bonchev–Trinajstić information content (AvgIpc) is 2.85. The minimum atomic E-state index is -1.34. The Bertz CT molecular complexity index is 923. The molecule has 0 aromatic rings. The van der Waals surface area contributed by atoms with Crippen LogP contribution < -0.4 is 16.0 Å². The van der Waals surface area contributed by atoms with Crippen LogP contribution in [0.1, 0.15) is 0 Å². The van der Waals surface area contributed by atoms with Gasteiger partial charge in [-0.3, -0.25) is 62.8 Å². The Morgan fingerprint density at radius 2 is 0.522 bits per heavy atom. The van der Waals surface area contributed by atoms with E-state index in [9.17, 15) is 43.2 Å². The van der Waals surface area contributed by atoms with Crippen molar-refractivity contribution < 1.29 is 73.8 Å². The second-order valence-electron chi connectivity index (χ2n) is 9.69. The fourth-order valence-electron chi connectivity index (χ4n) is 3.82. The van der Waals surface area contributed by atoms with Crippen LogP contribution >= 0.6 is 0 Å². The van der Waals surface area contributed by atoms with E-state index in [1.54, 1.807) is 4.90 Å². The van der Waals surface area contributed by atoms with Crippen LogP contribution in [0.2, 0.25) is 0 Å². The first-order chi connectivity index (χ1) is 21.5. The Balaban J connectivity index is 5.19. The maximum absolute atomic E-state index is 12.3. The molecule has 0 heterocycles. The summed E-state index contributed by atoms with van der Waals surface area (Å²) in [5.74, 6) is -10.1. The molecule has 0 saturated carbocycles. The molecule has 0 aliphatic rings. The van der Waals surface area contributed by atoms with Gasteiger partial charge in [-0.25, -0.2) is 0 Å². The van der Waals surface area contributed by atoms with Gasteiger partial charge in [0.25, 0.3) is 0 Å². The highest BCUT2D eigenvalue weighted by Crippen LogP contribution is 1.93. The van der Waals surface area contributed by atoms with Crippen LogP contribution in [0.5, 0.6) is 0 Å². The average molecular weight is 666 g/mol. The van der Waals surface area contributed by atoms with E-state index in [-0.39, 0.29) is 39.3 Å². The van der Waals surface area contributed by atoms with Gasteiger partial charge in [0.05, 0.1) is 58.9 Å². The van der Waals surface area contributed by atoms with E-state index in [0.29, 0.717) is 0 Å². The summed E-state index contributed by atoms with van der Waals surface area (Å²) in [5, 5.41) is 60.9. The largest absolute Gasteiger partial charge is 0.480 e. The highest BCUT2D eigenvalue weighted by molar-refractivity contribution is 5.82. The third kappa shape index (κ3) is 23.5. The third-order valence-corrected chi connectivity index (χ3v) is 5.51. The zero-order valence-electron chi connectivity index (χ0n) is 24.8. The van der Waals surface area contributed by atoms with Gasteiger partial charge in [0.1, 0.15) is 0 Å². The molecule has 0 rings (SSSR count). The van der Waals surface area contributed by atoms with E-state index in [2.05, 4.69) is 16.0 Å². The van der Waals surface area contributed by atoms with Crippen LogP contribution in [0, 0.1) is 0 Å². The number of aliphatic carboxylic acids is 6. The Morgan fingerprint density at radius 1 is 0.326 bits per heavy atom. The van der Waals surface area contributed by atoms with Crippen molar-refractivity contribution in [2.24, 2.45) is 0 Å². The molecule has 0 unspecified atom stereocenters. The van der Waals surface area contributed by atoms with Gasteiger partial charge in [-0.2, -0.15) is 0 Å². The van der Waals surface area contributed by atoms with E-state index >= 15 is 0 Å². The second kappa shape index (κ2) is 22.6. The van der Waals surface area contributed by atoms with Crippen molar-refractivity contribution in [1.29, 1.82) is 0 Å². The van der Waals surface area contributed by atoms with Crippen molar-refractivity contribution in [3.8, 4) is 0 Å². The number of carbonyl (C=O) groups is 9. The number of carboxylic acid groups (broad SMARTS) is 6. The standard InChI is InChI=1S/C24H39N7O15/c32-16(7-29(10-19(35)36)11-20(37)38)25-1-4-28(5-2-26-17(33)8-30(12-21(39)40)13-22(41)42)6-3-27-18(34)9-31(14-23(43)44)15-24(45)46/h1-15H2,(H,25,32)(H,26,33)(H,27,34)(H,35,36)(H,37,38)(H,39,40)(H,41,42)(H,43,44)(H,45,46). The molecule has 0 aliphatic heterocycles. The molecule has 0 radical (unpaired) electrons. The molecule has 22 nitrogen and oxygen atoms in total. The maximum atomic E-state index is 12.3. The molecule has 0 fully saturated rings. The summed E-state index contributed by atoms with van der Waals surface area (Å²) in [5.41, 5.74) is 0. The number of carbonyl (C=O) groups excluding carboxylic acids is 3. The summed E-state index contributed by atoms with van der Waals surface area (Å²) in [6.07, 6.45) is 0. The van der Waals surface area contributed by atoms with Crippen LogP contribution in [0.25, 0.3) is 0 Å². The molecule has 0 aromatic carbocycles. The lowest BCUT2D eigenvalue weighted by molar-refractivity contribution is -0.144. The smallest absolute Gasteiger partial charge is 0.317 e. The topological polar surface area (TPSA) is 324 Å². The van der Waals surface area contributed by atoms with Crippen LogP contribution in [-0.4, -0.2) is 202 Å². The van der Waals surface area contributed by atoms with Gasteiger partial charge in [0, 0.05) is 39.3 Å². The van der Waals surface area contributed by atoms with Gasteiger partial charge >= 0.3 is 35.8 Å². The van der Waals surface area contributed by atoms with E-state index in [1.165, 1.54) is 0 Å². The monoisotopic (exact) mass is 665 g/mol. The first kappa shape index (κ1) is 41.1. The van der Waals surface area contributed by atoms with Crippen LogP contribution in [-0.2, 0) is 43.2 Å². The molecule has 0 aromatic heterocycles. The van der Waals surface area contributed by atoms with Gasteiger partial charge in [-0.1, -0.05) is 0 Å². The van der Waals surface area contributed by atoms with Crippen molar-refractivity contribution in [1.82, 2.24) is 35.6 Å². The van der Waals surface area contributed by atoms with Gasteiger partial charge in [0.2, 0.25) is 17.7 Å². The summed E-state index contributed by atoms with van der Waals surface area (Å²) < 4.78 is 0. The molecule has 46 heavy (non-hydrogen) atoms. The summed E-state index contributed by atoms with van der Waals surface area (Å²) in [6, 6.07) is 0. The number of nitrogens with zero attached hydrogens (tertiary/aromatic N) is 4. The number of carboxylic acids is 6. The van der Waals surface area contributed by atoms with Gasteiger partial charge in [0.15, 0.2) is 0 Å². The van der Waals surface area contributed by atoms with Gasteiger partial charge < -0.3 is 46.6 Å². The molecular formula is C24H39N7O15. The SMILES string of the molecule is O=C(O)CN(CC(=O)O)CC(=O)NCCN(CCNC(=O)CN(CC(=O)O)CC(=O)O)CCNC(=O)CN(CC(=O)O)CC(=O)O. The quantitative estimate of drug-likeness (QED) is 0.0394. The zero-order valence-corrected chi connectivity index (χ0v) is 24.8. The molecule has 9 N–H and O–H groups in total. The number of amides is 3. The molecule has 0 atom stereocenters. The van der Waals surface area contributed by atoms with Gasteiger partial charge in [-0.15, -0.1) is 0 Å². The molecule has 0 bridgehead atoms. The molecule has 0 aliphatic carbocycles. The first-order valence-corrected chi connectivity index (χ1v) is 13.5. The lowest BCUT2D eigenvalue weighted by Gasteiger charge is -2.24. The molecule has 22 heteroatoms. The second-order valence-corrected chi connectivity index (χ2v) is 9.69. The van der Waals surface area contributed by atoms with E-state index in [1.807, 2.05) is 0 Å². The van der Waals surface area contributed by atoms with E-state index in [0.717, 1.165) is 14.7 Å². The van der Waals surface area contributed by atoms with Crippen LogP contribution in [0.3, 0.4) is 0 Å². The van der Waals surface area contributed by atoms with E-state index < -0.39 is 112 Å². The minimum Gasteiger partial charge on any atom is -0.480 e. The lowest BCUT2D eigenvalue weighted by Crippen LogP contribution is -2.47. The highest BCUT2D eigenvalue weighted by Gasteiger charge is 2.20. The number of rotatable bonds is 27. The molecule has 3 amide bonds. The third-order valence-electron chi connectivity index (χ3n) is 5.51. The summed E-state index contributed by atoms with van der Waals surface area (Å²) in [4.78, 5) is 107. The van der Waals surface area contributed by atoms with Crippen molar-refractivity contribution in [2.45, 2.75) is 0 Å². The molecule has 0 saturated heterocycles. The number of hydrogen-bond acceptors (Lipinski definition) is 13. The normalized spacial score (nSPS) is 11.0. The zero-order chi connectivity index (χ0) is 35.2. The molecule has 0 spiro atoms. The number of nitrogens with one attached hydrogen (secondary N) is 3. The molecular weight excluding hydrogens is 626 g/mol. The minimum absolute atomic E-state index is 0.0370. The van der Waals surface area contributed by atoms with E-state index in [4.69, 9.17) is 30.6 Å². The number of hydrogen-bond donors (Lipinski definition) is 9. The fourth-order valence-corrected chi connectivity index (χ4v) is 3.82. The Labute approximate surface area is 261 Å². The fraction of sp³-hybridized carbons (Fsp3) is 0.625. The van der Waals surface area contributed by atoms with Crippen LogP contribution in [0.15, 0.2) is 0 Å². The molecule has 260 valence electrons. The van der Waals surface area contributed by atoms with Crippen molar-refractivity contribution in [3.05, 3.63) is 0 Å². The van der Waals surface area contributed by atoms with Crippen molar-refractivity contribution >= 4 is 53.5 Å². The Morgan fingerprint density at radius 3 is 0.696 bits per heavy atom. The predicted octanol–water partition coefficient (Wildman–Crippen LogP) is -5.95. The van der Waals surface area contributed by atoms with Crippen molar-refractivity contribution in [2.75, 3.05) is 98.2 Å². The highest BCUT2D eigenvalue weighted by atomic mass is 16.4. The van der Waals surface area contributed by atoms with Gasteiger partial charge in [-0.05, 0) is 0 Å². The van der Waals surface area contributed by atoms with Crippen molar-refractivity contribution in [3.63, 3.8) is 0 Å². The maximum Gasteiger partial charge on any atom is 0.317 e. The Hall–Kier alpha value is -4.93. The summed E-state index contributed by atoms with van der Waals surface area (Å²) >= 11 is 0. The first-order valence-electron chi connectivity index (χ1n) is 13.5. The Kier molecular flexibility index (Phi) is 20.1. The van der Waals surface area contributed by atoms with Crippen LogP contribution in [0.4, 0.5) is 0 Å². The summed E-state index contributed by atoms with van der Waals surface area (Å²) in [6.45, 7) is -5.58. The summed E-state index contributed by atoms with van der Waals surface area (Å²) in [7, 11) is 0. The lowest BCUT2D eigenvalue weighted by atomic mass is 10.3. The predicted molar refractivity (Wildman–Crippen MR) is 151 cm³/mol.